The Kier molecular flexibility index (Phi) is 5.64. The summed E-state index contributed by atoms with van der Waals surface area (Å²) in [5.41, 5.74) is 0.202. The SMILES string of the molecule is COc1ccc(C(=O)NCCCS(C)=O)c(O)c1. The van der Waals surface area contributed by atoms with Gasteiger partial charge in [-0.1, -0.05) is 0 Å². The summed E-state index contributed by atoms with van der Waals surface area (Å²) in [5.74, 6) is 0.572. The first-order chi connectivity index (χ1) is 8.54. The van der Waals surface area contributed by atoms with E-state index in [1.165, 1.54) is 19.2 Å². The summed E-state index contributed by atoms with van der Waals surface area (Å²) in [7, 11) is 0.635. The Labute approximate surface area is 109 Å². The first kappa shape index (κ1) is 14.5. The monoisotopic (exact) mass is 271 g/mol. The van der Waals surface area contributed by atoms with Crippen molar-refractivity contribution in [3.05, 3.63) is 23.8 Å². The van der Waals surface area contributed by atoms with Crippen molar-refractivity contribution in [1.82, 2.24) is 5.32 Å². The van der Waals surface area contributed by atoms with Crippen LogP contribution < -0.4 is 10.1 Å². The number of phenols is 1. The average molecular weight is 271 g/mol. The summed E-state index contributed by atoms with van der Waals surface area (Å²) in [5, 5.41) is 12.3. The highest BCUT2D eigenvalue weighted by Gasteiger charge is 2.11. The smallest absolute Gasteiger partial charge is 0.255 e. The van der Waals surface area contributed by atoms with Gasteiger partial charge in [0.1, 0.15) is 11.5 Å². The number of phenolic OH excluding ortho intramolecular Hbond substituents is 1. The fourth-order valence-corrected chi connectivity index (χ4v) is 1.95. The van der Waals surface area contributed by atoms with E-state index in [0.717, 1.165) is 0 Å². The first-order valence-corrected chi connectivity index (χ1v) is 7.22. The quantitative estimate of drug-likeness (QED) is 0.754. The molecule has 0 heterocycles. The van der Waals surface area contributed by atoms with Gasteiger partial charge in [-0.05, 0) is 18.6 Å². The van der Waals surface area contributed by atoms with Crippen LogP contribution in [0.3, 0.4) is 0 Å². The van der Waals surface area contributed by atoms with E-state index >= 15 is 0 Å². The van der Waals surface area contributed by atoms with Gasteiger partial charge in [-0.3, -0.25) is 9.00 Å². The van der Waals surface area contributed by atoms with E-state index < -0.39 is 10.8 Å². The topological polar surface area (TPSA) is 75.6 Å². The van der Waals surface area contributed by atoms with E-state index in [1.807, 2.05) is 0 Å². The zero-order chi connectivity index (χ0) is 13.5. The van der Waals surface area contributed by atoms with Crippen LogP contribution in [0.2, 0.25) is 0 Å². The molecule has 100 valence electrons. The number of carbonyl (C=O) groups excluding carboxylic acids is 1. The number of hydrogen-bond donors (Lipinski definition) is 2. The number of amides is 1. The van der Waals surface area contributed by atoms with Crippen molar-refractivity contribution in [2.24, 2.45) is 0 Å². The Morgan fingerprint density at radius 2 is 2.22 bits per heavy atom. The second-order valence-electron chi connectivity index (χ2n) is 3.77. The van der Waals surface area contributed by atoms with Gasteiger partial charge in [-0.15, -0.1) is 0 Å². The van der Waals surface area contributed by atoms with Crippen LogP contribution in [-0.4, -0.2) is 40.9 Å². The molecule has 0 bridgehead atoms. The fourth-order valence-electron chi connectivity index (χ4n) is 1.40. The lowest BCUT2D eigenvalue weighted by Gasteiger charge is -2.07. The van der Waals surface area contributed by atoms with Crippen LogP contribution in [0.4, 0.5) is 0 Å². The standard InChI is InChI=1S/C12H17NO4S/c1-17-9-4-5-10(11(14)8-9)12(15)13-6-3-7-18(2)16/h4-5,8,14H,3,6-7H2,1-2H3,(H,13,15). The average Bonchev–Trinajstić information content (AvgIpc) is 2.33. The molecule has 0 spiro atoms. The minimum atomic E-state index is -0.851. The van der Waals surface area contributed by atoms with Gasteiger partial charge in [0.15, 0.2) is 0 Å². The lowest BCUT2D eigenvalue weighted by Crippen LogP contribution is -2.25. The highest BCUT2D eigenvalue weighted by atomic mass is 32.2. The normalized spacial score (nSPS) is 11.9. The first-order valence-electron chi connectivity index (χ1n) is 5.50. The van der Waals surface area contributed by atoms with Crippen LogP contribution >= 0.6 is 0 Å². The van der Waals surface area contributed by atoms with Gasteiger partial charge in [0.05, 0.1) is 12.7 Å². The molecule has 1 rings (SSSR count). The second kappa shape index (κ2) is 7.00. The van der Waals surface area contributed by atoms with E-state index in [2.05, 4.69) is 5.32 Å². The summed E-state index contributed by atoms with van der Waals surface area (Å²) < 4.78 is 15.8. The van der Waals surface area contributed by atoms with E-state index in [9.17, 15) is 14.1 Å². The van der Waals surface area contributed by atoms with Crippen molar-refractivity contribution in [2.75, 3.05) is 25.7 Å². The van der Waals surface area contributed by atoms with Crippen molar-refractivity contribution >= 4 is 16.7 Å². The minimum absolute atomic E-state index is 0.120. The third kappa shape index (κ3) is 4.37. The van der Waals surface area contributed by atoms with Gasteiger partial charge in [-0.25, -0.2) is 0 Å². The van der Waals surface area contributed by atoms with Gasteiger partial charge in [0, 0.05) is 35.4 Å². The Balaban J connectivity index is 2.54. The Bertz CT molecular complexity index is 448. The molecule has 1 unspecified atom stereocenters. The third-order valence-corrected chi connectivity index (χ3v) is 3.21. The van der Waals surface area contributed by atoms with Gasteiger partial charge in [0.25, 0.3) is 5.91 Å². The molecule has 0 aliphatic rings. The molecule has 0 saturated carbocycles. The van der Waals surface area contributed by atoms with Crippen LogP contribution in [0.25, 0.3) is 0 Å². The molecule has 1 amide bonds. The maximum Gasteiger partial charge on any atom is 0.255 e. The van der Waals surface area contributed by atoms with Gasteiger partial charge in [-0.2, -0.15) is 0 Å². The highest BCUT2D eigenvalue weighted by Crippen LogP contribution is 2.23. The predicted molar refractivity (Wildman–Crippen MR) is 70.5 cm³/mol. The summed E-state index contributed by atoms with van der Waals surface area (Å²) >= 11 is 0. The number of ether oxygens (including phenoxy) is 1. The van der Waals surface area contributed by atoms with Crippen LogP contribution in [-0.2, 0) is 10.8 Å². The molecule has 6 heteroatoms. The molecule has 5 nitrogen and oxygen atoms in total. The maximum absolute atomic E-state index is 11.7. The van der Waals surface area contributed by atoms with E-state index in [1.54, 1.807) is 12.3 Å². The maximum atomic E-state index is 11.7. The molecule has 0 aliphatic heterocycles. The molecule has 0 saturated heterocycles. The molecule has 1 aromatic carbocycles. The summed E-state index contributed by atoms with van der Waals surface area (Å²) in [6, 6.07) is 4.49. The molecular weight excluding hydrogens is 254 g/mol. The lowest BCUT2D eigenvalue weighted by atomic mass is 10.2. The van der Waals surface area contributed by atoms with Crippen LogP contribution in [0.5, 0.6) is 11.5 Å². The molecule has 0 aromatic heterocycles. The second-order valence-corrected chi connectivity index (χ2v) is 5.32. The molecule has 0 fully saturated rings. The molecular formula is C12H17NO4S. The Hall–Kier alpha value is -1.56. The van der Waals surface area contributed by atoms with Crippen molar-refractivity contribution in [3.63, 3.8) is 0 Å². The molecule has 1 atom stereocenters. The highest BCUT2D eigenvalue weighted by molar-refractivity contribution is 7.84. The van der Waals surface area contributed by atoms with Crippen molar-refractivity contribution in [1.29, 1.82) is 0 Å². The molecule has 18 heavy (non-hydrogen) atoms. The summed E-state index contributed by atoms with van der Waals surface area (Å²) in [6.07, 6.45) is 2.27. The largest absolute Gasteiger partial charge is 0.507 e. The lowest BCUT2D eigenvalue weighted by molar-refractivity contribution is 0.0951. The van der Waals surface area contributed by atoms with E-state index in [0.29, 0.717) is 24.5 Å². The van der Waals surface area contributed by atoms with Crippen molar-refractivity contribution in [2.45, 2.75) is 6.42 Å². The number of methoxy groups -OCH3 is 1. The number of rotatable bonds is 6. The fraction of sp³-hybridized carbons (Fsp3) is 0.417. The predicted octanol–water partition coefficient (Wildman–Crippen LogP) is 0.899. The summed E-state index contributed by atoms with van der Waals surface area (Å²) in [4.78, 5) is 11.7. The molecule has 0 aliphatic carbocycles. The number of aromatic hydroxyl groups is 1. The van der Waals surface area contributed by atoms with Crippen molar-refractivity contribution in [3.8, 4) is 11.5 Å². The Morgan fingerprint density at radius 1 is 1.50 bits per heavy atom. The minimum Gasteiger partial charge on any atom is -0.507 e. The van der Waals surface area contributed by atoms with Crippen molar-refractivity contribution < 1.29 is 18.8 Å². The zero-order valence-electron chi connectivity index (χ0n) is 10.4. The van der Waals surface area contributed by atoms with Crippen LogP contribution in [0, 0.1) is 0 Å². The molecule has 0 radical (unpaired) electrons. The van der Waals surface area contributed by atoms with Crippen LogP contribution in [0.15, 0.2) is 18.2 Å². The third-order valence-electron chi connectivity index (χ3n) is 2.34. The van der Waals surface area contributed by atoms with Crippen LogP contribution in [0.1, 0.15) is 16.8 Å². The van der Waals surface area contributed by atoms with Gasteiger partial charge in [0.2, 0.25) is 0 Å². The molecule has 2 N–H and O–H groups in total. The summed E-state index contributed by atoms with van der Waals surface area (Å²) in [6.45, 7) is 0.434. The number of carbonyl (C=O) groups is 1. The van der Waals surface area contributed by atoms with Gasteiger partial charge >= 0.3 is 0 Å². The Morgan fingerprint density at radius 3 is 2.78 bits per heavy atom. The number of hydrogen-bond acceptors (Lipinski definition) is 4. The molecule has 1 aromatic rings. The van der Waals surface area contributed by atoms with E-state index in [4.69, 9.17) is 4.74 Å². The van der Waals surface area contributed by atoms with E-state index in [-0.39, 0.29) is 17.2 Å². The number of nitrogens with one attached hydrogen (secondary N) is 1. The zero-order valence-corrected chi connectivity index (χ0v) is 11.3. The van der Waals surface area contributed by atoms with Gasteiger partial charge < -0.3 is 15.2 Å². The number of benzene rings is 1.